The average Bonchev–Trinajstić information content (AvgIpc) is 3.24. The Labute approximate surface area is 185 Å². The number of benzene rings is 2. The second-order valence-electron chi connectivity index (χ2n) is 6.36. The zero-order valence-corrected chi connectivity index (χ0v) is 17.5. The number of hydrogen-bond donors (Lipinski definition) is 5. The second-order valence-corrected chi connectivity index (χ2v) is 7.21. The quantitative estimate of drug-likeness (QED) is 0.326. The number of carboxylic acid groups (broad SMARTS) is 1. The van der Waals surface area contributed by atoms with E-state index in [1.807, 2.05) is 0 Å². The van der Waals surface area contributed by atoms with Crippen LogP contribution in [0.2, 0.25) is 0 Å². The number of imidazole rings is 1. The molecule has 0 saturated carbocycles. The van der Waals surface area contributed by atoms with Gasteiger partial charge in [0.2, 0.25) is 0 Å². The minimum absolute atomic E-state index is 0.104. The van der Waals surface area contributed by atoms with Crippen molar-refractivity contribution >= 4 is 39.8 Å². The lowest BCUT2D eigenvalue weighted by Gasteiger charge is -2.10. The Morgan fingerprint density at radius 1 is 1.13 bits per heavy atom. The average molecular weight is 485 g/mol. The van der Waals surface area contributed by atoms with E-state index < -0.39 is 11.9 Å². The molecule has 0 atom stereocenters. The number of carbonyl (C=O) groups excluding carboxylic acids is 2. The van der Waals surface area contributed by atoms with Gasteiger partial charge in [0.15, 0.2) is 0 Å². The van der Waals surface area contributed by atoms with Gasteiger partial charge < -0.3 is 25.8 Å². The Balaban J connectivity index is 1.69. The van der Waals surface area contributed by atoms with Crippen molar-refractivity contribution in [2.75, 3.05) is 0 Å². The molecular formula is C21H17BrN4O5. The van der Waals surface area contributed by atoms with E-state index in [4.69, 9.17) is 0 Å². The van der Waals surface area contributed by atoms with Crippen LogP contribution in [0.3, 0.4) is 0 Å². The Kier molecular flexibility index (Phi) is 6.83. The van der Waals surface area contributed by atoms with Crippen LogP contribution in [0, 0.1) is 0 Å². The standard InChI is InChI=1S/C21H17BrN4O5/c22-17-7-13(19(28)24-9-12-2-1-3-15(27)6-12)4-5-16(17)20(29)26-18(21(30)31)8-14-10-23-11-25-14/h1-8,10-11,27H,9H2,(H,23,25)(H,24,28)(H,26,29)(H,30,31)/b18-8-. The molecule has 2 amide bonds. The van der Waals surface area contributed by atoms with E-state index in [0.717, 1.165) is 5.56 Å². The highest BCUT2D eigenvalue weighted by Crippen LogP contribution is 2.20. The molecule has 1 heterocycles. The summed E-state index contributed by atoms with van der Waals surface area (Å²) in [6.07, 6.45) is 4.08. The molecule has 158 valence electrons. The number of rotatable bonds is 7. The number of amides is 2. The first kappa shape index (κ1) is 21.8. The zero-order valence-electron chi connectivity index (χ0n) is 15.9. The number of aromatic hydroxyl groups is 1. The first-order chi connectivity index (χ1) is 14.8. The highest BCUT2D eigenvalue weighted by molar-refractivity contribution is 9.10. The summed E-state index contributed by atoms with van der Waals surface area (Å²) in [5.74, 6) is -2.26. The largest absolute Gasteiger partial charge is 0.508 e. The number of aromatic nitrogens is 2. The van der Waals surface area contributed by atoms with Gasteiger partial charge in [-0.2, -0.15) is 0 Å². The zero-order chi connectivity index (χ0) is 22.4. The molecule has 0 spiro atoms. The first-order valence-electron chi connectivity index (χ1n) is 8.94. The van der Waals surface area contributed by atoms with Gasteiger partial charge in [-0.05, 0) is 57.9 Å². The van der Waals surface area contributed by atoms with E-state index in [2.05, 4.69) is 36.5 Å². The highest BCUT2D eigenvalue weighted by atomic mass is 79.9. The Morgan fingerprint density at radius 2 is 1.94 bits per heavy atom. The maximum absolute atomic E-state index is 12.5. The second kappa shape index (κ2) is 9.72. The third-order valence-electron chi connectivity index (χ3n) is 4.13. The van der Waals surface area contributed by atoms with Crippen LogP contribution in [0.15, 0.2) is 65.2 Å². The highest BCUT2D eigenvalue weighted by Gasteiger charge is 2.17. The molecule has 0 bridgehead atoms. The number of phenols is 1. The van der Waals surface area contributed by atoms with E-state index >= 15 is 0 Å². The molecule has 9 nitrogen and oxygen atoms in total. The predicted molar refractivity (Wildman–Crippen MR) is 115 cm³/mol. The lowest BCUT2D eigenvalue weighted by atomic mass is 10.1. The SMILES string of the molecule is O=C(O)/C(=C/c1c[nH]cn1)NC(=O)c1ccc(C(=O)NCc2cccc(O)c2)cc1Br. The number of nitrogens with one attached hydrogen (secondary N) is 3. The molecule has 0 radical (unpaired) electrons. The van der Waals surface area contributed by atoms with Gasteiger partial charge >= 0.3 is 5.97 Å². The van der Waals surface area contributed by atoms with Gasteiger partial charge in [-0.25, -0.2) is 9.78 Å². The van der Waals surface area contributed by atoms with Crippen LogP contribution < -0.4 is 10.6 Å². The van der Waals surface area contributed by atoms with Crippen LogP contribution in [0.25, 0.3) is 6.08 Å². The molecule has 2 aromatic carbocycles. The topological polar surface area (TPSA) is 144 Å². The van der Waals surface area contributed by atoms with E-state index in [9.17, 15) is 24.6 Å². The van der Waals surface area contributed by atoms with Gasteiger partial charge in [0.1, 0.15) is 11.4 Å². The molecule has 31 heavy (non-hydrogen) atoms. The number of hydrogen-bond acceptors (Lipinski definition) is 5. The smallest absolute Gasteiger partial charge is 0.352 e. The molecule has 0 aliphatic carbocycles. The summed E-state index contributed by atoms with van der Waals surface area (Å²) >= 11 is 3.25. The summed E-state index contributed by atoms with van der Waals surface area (Å²) in [4.78, 5) is 42.9. The van der Waals surface area contributed by atoms with E-state index in [1.54, 1.807) is 18.2 Å². The van der Waals surface area contributed by atoms with Gasteiger partial charge in [-0.15, -0.1) is 0 Å². The maximum atomic E-state index is 12.5. The van der Waals surface area contributed by atoms with Gasteiger partial charge in [-0.1, -0.05) is 12.1 Å². The number of nitrogens with zero attached hydrogens (tertiary/aromatic N) is 1. The Morgan fingerprint density at radius 3 is 2.58 bits per heavy atom. The van der Waals surface area contributed by atoms with Crippen LogP contribution in [0.4, 0.5) is 0 Å². The third kappa shape index (κ3) is 5.80. The summed E-state index contributed by atoms with van der Waals surface area (Å²) in [5.41, 5.74) is 1.17. The number of phenolic OH excluding ortho intramolecular Hbond substituents is 1. The number of aromatic amines is 1. The molecule has 0 aliphatic heterocycles. The molecule has 0 saturated heterocycles. The third-order valence-corrected chi connectivity index (χ3v) is 4.79. The number of halogens is 1. The fourth-order valence-corrected chi connectivity index (χ4v) is 3.19. The summed E-state index contributed by atoms with van der Waals surface area (Å²) < 4.78 is 0.319. The molecule has 1 aromatic heterocycles. The molecule has 0 unspecified atom stereocenters. The minimum Gasteiger partial charge on any atom is -0.508 e. The fourth-order valence-electron chi connectivity index (χ4n) is 2.63. The van der Waals surface area contributed by atoms with Crippen molar-refractivity contribution in [3.05, 3.63) is 87.5 Å². The van der Waals surface area contributed by atoms with Crippen molar-refractivity contribution in [2.45, 2.75) is 6.54 Å². The molecule has 3 aromatic rings. The number of aliphatic carboxylic acids is 1. The van der Waals surface area contributed by atoms with Crippen LogP contribution in [0.1, 0.15) is 32.0 Å². The van der Waals surface area contributed by atoms with Crippen molar-refractivity contribution in [1.82, 2.24) is 20.6 Å². The predicted octanol–water partition coefficient (Wildman–Crippen LogP) is 2.66. The summed E-state index contributed by atoms with van der Waals surface area (Å²) in [6.45, 7) is 0.215. The van der Waals surface area contributed by atoms with Crippen molar-refractivity contribution in [3.63, 3.8) is 0 Å². The Bertz CT molecular complexity index is 1160. The number of carboxylic acids is 1. The van der Waals surface area contributed by atoms with E-state index in [0.29, 0.717) is 15.7 Å². The summed E-state index contributed by atoms with van der Waals surface area (Å²) in [5, 5.41) is 23.9. The van der Waals surface area contributed by atoms with Crippen molar-refractivity contribution in [1.29, 1.82) is 0 Å². The fraction of sp³-hybridized carbons (Fsp3) is 0.0476. The molecular weight excluding hydrogens is 468 g/mol. The summed E-state index contributed by atoms with van der Waals surface area (Å²) in [6, 6.07) is 10.8. The molecule has 0 fully saturated rings. The van der Waals surface area contributed by atoms with Gasteiger partial charge in [0.05, 0.1) is 17.6 Å². The van der Waals surface area contributed by atoms with Crippen molar-refractivity contribution in [3.8, 4) is 5.75 Å². The molecule has 5 N–H and O–H groups in total. The maximum Gasteiger partial charge on any atom is 0.352 e. The first-order valence-corrected chi connectivity index (χ1v) is 9.73. The van der Waals surface area contributed by atoms with Gasteiger partial charge in [-0.3, -0.25) is 9.59 Å². The van der Waals surface area contributed by atoms with Gasteiger partial charge in [0, 0.05) is 22.8 Å². The lowest BCUT2D eigenvalue weighted by Crippen LogP contribution is -2.28. The molecule has 10 heteroatoms. The number of H-pyrrole nitrogens is 1. The van der Waals surface area contributed by atoms with Crippen molar-refractivity contribution in [2.24, 2.45) is 0 Å². The van der Waals surface area contributed by atoms with Crippen LogP contribution in [-0.4, -0.2) is 38.0 Å². The molecule has 0 aliphatic rings. The van der Waals surface area contributed by atoms with Crippen molar-refractivity contribution < 1.29 is 24.6 Å². The minimum atomic E-state index is -1.32. The number of carbonyl (C=O) groups is 3. The summed E-state index contributed by atoms with van der Waals surface area (Å²) in [7, 11) is 0. The lowest BCUT2D eigenvalue weighted by molar-refractivity contribution is -0.132. The normalized spacial score (nSPS) is 11.1. The van der Waals surface area contributed by atoms with Crippen LogP contribution in [-0.2, 0) is 11.3 Å². The van der Waals surface area contributed by atoms with Gasteiger partial charge in [0.25, 0.3) is 11.8 Å². The van der Waals surface area contributed by atoms with E-state index in [1.165, 1.54) is 42.9 Å². The monoisotopic (exact) mass is 484 g/mol. The van der Waals surface area contributed by atoms with Crippen LogP contribution >= 0.6 is 15.9 Å². The van der Waals surface area contributed by atoms with E-state index in [-0.39, 0.29) is 29.5 Å². The molecule has 3 rings (SSSR count). The van der Waals surface area contributed by atoms with Crippen LogP contribution in [0.5, 0.6) is 5.75 Å². The Hall–Kier alpha value is -3.92.